The number of azo groups is 1. The van der Waals surface area contributed by atoms with Gasteiger partial charge in [-0.05, 0) is 49.7 Å². The van der Waals surface area contributed by atoms with E-state index in [9.17, 15) is 19.8 Å². The van der Waals surface area contributed by atoms with Crippen molar-refractivity contribution in [1.29, 1.82) is 0 Å². The molecule has 6 aliphatic rings. The molecule has 6 aliphatic heterocycles. The summed E-state index contributed by atoms with van der Waals surface area (Å²) in [7, 11) is 9.86. The van der Waals surface area contributed by atoms with E-state index in [4.69, 9.17) is 57.6 Å². The van der Waals surface area contributed by atoms with Crippen molar-refractivity contribution in [2.75, 3.05) is 69.2 Å². The SMILES string of the molecule is COc1ccc2c(c1OC)C(=O)O[C@@H]2[C@H]1c2c(c(N=Nc3c4c(c(OC)c5c3OCO5)[C@H]([C@H]3OC(=O)c5c3ccc(CO)c5OC)N(C)CC4)c3c(c2CO)OCO3)CCN1C. The molecule has 0 amide bonds. The Morgan fingerprint density at radius 3 is 1.71 bits per heavy atom. The summed E-state index contributed by atoms with van der Waals surface area (Å²) in [5.74, 6) is 1.56. The number of likely N-dealkylation sites (N-methyl/N-ethyl adjacent to an activating group) is 2. The fourth-order valence-electron chi connectivity index (χ4n) is 10.1. The highest BCUT2D eigenvalue weighted by Crippen LogP contribution is 2.61. The number of hydrogen-bond donors (Lipinski definition) is 2. The van der Waals surface area contributed by atoms with Gasteiger partial charge in [0.2, 0.25) is 19.3 Å². The van der Waals surface area contributed by atoms with Gasteiger partial charge in [0.25, 0.3) is 0 Å². The first kappa shape index (κ1) is 39.8. The van der Waals surface area contributed by atoms with Crippen molar-refractivity contribution < 1.29 is 67.2 Å². The maximum atomic E-state index is 13.6. The third kappa shape index (κ3) is 5.62. The molecule has 0 aromatic heterocycles. The summed E-state index contributed by atoms with van der Waals surface area (Å²) in [5, 5.41) is 31.0. The monoisotopic (exact) mass is 852 g/mol. The summed E-state index contributed by atoms with van der Waals surface area (Å²) in [5.41, 5.74) is 6.38. The zero-order valence-corrected chi connectivity index (χ0v) is 34.9. The molecule has 18 nitrogen and oxygen atoms in total. The van der Waals surface area contributed by atoms with E-state index in [-0.39, 0.29) is 42.8 Å². The Labute approximate surface area is 355 Å². The molecule has 0 aliphatic carbocycles. The van der Waals surface area contributed by atoms with E-state index >= 15 is 0 Å². The van der Waals surface area contributed by atoms with E-state index in [1.807, 2.05) is 14.1 Å². The number of cyclic esters (lactones) is 2. The Morgan fingerprint density at radius 1 is 0.629 bits per heavy atom. The second-order valence-electron chi connectivity index (χ2n) is 15.6. The molecule has 2 N–H and O–H groups in total. The van der Waals surface area contributed by atoms with Crippen LogP contribution in [0.25, 0.3) is 0 Å². The second kappa shape index (κ2) is 15.2. The van der Waals surface area contributed by atoms with Gasteiger partial charge in [0.05, 0.1) is 53.7 Å². The van der Waals surface area contributed by atoms with Crippen molar-refractivity contribution in [2.24, 2.45) is 10.2 Å². The molecule has 0 saturated carbocycles. The lowest BCUT2D eigenvalue weighted by Gasteiger charge is -2.39. The summed E-state index contributed by atoms with van der Waals surface area (Å²) < 4.78 is 59.5. The normalized spacial score (nSPS) is 21.9. The molecule has 10 rings (SSSR count). The minimum absolute atomic E-state index is 0.0980. The van der Waals surface area contributed by atoms with Crippen LogP contribution in [0.5, 0.6) is 46.0 Å². The van der Waals surface area contributed by atoms with Gasteiger partial charge in [-0.2, -0.15) is 0 Å². The van der Waals surface area contributed by atoms with Crippen LogP contribution in [0.4, 0.5) is 11.4 Å². The molecule has 0 bridgehead atoms. The van der Waals surface area contributed by atoms with E-state index in [1.165, 1.54) is 21.3 Å². The van der Waals surface area contributed by atoms with Crippen molar-refractivity contribution >= 4 is 23.3 Å². The predicted molar refractivity (Wildman–Crippen MR) is 215 cm³/mol. The molecule has 0 unspecified atom stereocenters. The highest BCUT2D eigenvalue weighted by Gasteiger charge is 2.49. The lowest BCUT2D eigenvalue weighted by atomic mass is 9.82. The number of aliphatic hydroxyl groups excluding tert-OH is 2. The van der Waals surface area contributed by atoms with Gasteiger partial charge in [0.15, 0.2) is 34.5 Å². The van der Waals surface area contributed by atoms with Crippen molar-refractivity contribution in [3.8, 4) is 46.0 Å². The van der Waals surface area contributed by atoms with Gasteiger partial charge in [-0.1, -0.05) is 18.2 Å². The molecule has 62 heavy (non-hydrogen) atoms. The van der Waals surface area contributed by atoms with Crippen LogP contribution in [0.1, 0.15) is 89.5 Å². The van der Waals surface area contributed by atoms with E-state index in [2.05, 4.69) is 9.80 Å². The molecule has 4 atom stereocenters. The highest BCUT2D eigenvalue weighted by molar-refractivity contribution is 5.99. The molecular weight excluding hydrogens is 808 g/mol. The van der Waals surface area contributed by atoms with E-state index < -0.39 is 42.8 Å². The van der Waals surface area contributed by atoms with Crippen LogP contribution in [0.2, 0.25) is 0 Å². The first-order chi connectivity index (χ1) is 30.2. The summed E-state index contributed by atoms with van der Waals surface area (Å²) in [4.78, 5) is 31.3. The van der Waals surface area contributed by atoms with Crippen molar-refractivity contribution in [1.82, 2.24) is 9.80 Å². The first-order valence-corrected chi connectivity index (χ1v) is 20.1. The van der Waals surface area contributed by atoms with Crippen LogP contribution in [0, 0.1) is 0 Å². The summed E-state index contributed by atoms with van der Waals surface area (Å²) in [6.07, 6.45) is -0.604. The summed E-state index contributed by atoms with van der Waals surface area (Å²) >= 11 is 0. The lowest BCUT2D eigenvalue weighted by molar-refractivity contribution is 0.00812. The fourth-order valence-corrected chi connectivity index (χ4v) is 10.1. The number of nitrogens with zero attached hydrogens (tertiary/aromatic N) is 4. The molecule has 18 heteroatoms. The van der Waals surface area contributed by atoms with Gasteiger partial charge in [-0.25, -0.2) is 9.59 Å². The van der Waals surface area contributed by atoms with Gasteiger partial charge in [-0.15, -0.1) is 10.2 Å². The minimum atomic E-state index is -0.793. The molecule has 324 valence electrons. The van der Waals surface area contributed by atoms with E-state index in [0.29, 0.717) is 105 Å². The number of benzene rings is 4. The third-order valence-electron chi connectivity index (χ3n) is 12.8. The van der Waals surface area contributed by atoms with Crippen molar-refractivity contribution in [3.63, 3.8) is 0 Å². The average Bonchev–Trinajstić information content (AvgIpc) is 4.10. The zero-order chi connectivity index (χ0) is 43.1. The Balaban J connectivity index is 1.13. The molecule has 0 spiro atoms. The number of carbonyl (C=O) groups is 2. The van der Waals surface area contributed by atoms with Crippen LogP contribution in [0.3, 0.4) is 0 Å². The van der Waals surface area contributed by atoms with Crippen LogP contribution >= 0.6 is 0 Å². The Hall–Kier alpha value is -6.34. The molecule has 0 fully saturated rings. The fraction of sp³-hybridized carbons (Fsp3) is 0.409. The largest absolute Gasteiger partial charge is 0.495 e. The molecule has 4 aromatic carbocycles. The van der Waals surface area contributed by atoms with Crippen molar-refractivity contribution in [3.05, 3.63) is 79.9 Å². The van der Waals surface area contributed by atoms with Crippen molar-refractivity contribution in [2.45, 2.75) is 50.3 Å². The maximum Gasteiger partial charge on any atom is 0.343 e. The number of carbonyl (C=O) groups excluding carboxylic acids is 2. The van der Waals surface area contributed by atoms with Crippen LogP contribution in [0.15, 0.2) is 34.5 Å². The summed E-state index contributed by atoms with van der Waals surface area (Å²) in [6, 6.07) is 5.90. The molecule has 6 heterocycles. The van der Waals surface area contributed by atoms with Crippen LogP contribution in [-0.2, 0) is 35.5 Å². The van der Waals surface area contributed by atoms with E-state index in [1.54, 1.807) is 31.4 Å². The van der Waals surface area contributed by atoms with E-state index in [0.717, 1.165) is 11.1 Å². The van der Waals surface area contributed by atoms with Crippen LogP contribution < -0.4 is 37.9 Å². The average molecular weight is 853 g/mol. The Morgan fingerprint density at radius 2 is 1.15 bits per heavy atom. The predicted octanol–water partition coefficient (Wildman–Crippen LogP) is 5.46. The van der Waals surface area contributed by atoms with Gasteiger partial charge in [0, 0.05) is 40.9 Å². The topological polar surface area (TPSA) is 198 Å². The maximum absolute atomic E-state index is 13.6. The molecule has 4 aromatic rings. The van der Waals surface area contributed by atoms with Gasteiger partial charge < -0.3 is 57.6 Å². The number of esters is 2. The molecule has 0 radical (unpaired) electrons. The quantitative estimate of drug-likeness (QED) is 0.151. The number of methoxy groups -OCH3 is 4. The molecule has 0 saturated heterocycles. The number of ether oxygens (including phenoxy) is 10. The standard InChI is InChI=1S/C44H44N4O14/c1-47-13-11-20-26(32(47)35-23-9-10-25(53-3)38(55-5)29(23)44(52)61-35)24(16-50)37-40(58-17-57-37)30(20)45-46-31-21-12-14-48(2)33(27(21)39(56-6)42-41(31)59-18-60-42)36-22-8-7-19(15-49)34(54-4)28(22)43(51)62-36/h7-10,32-33,35-36,49-50H,11-18H2,1-6H3/t32-,33-,35+,36+/m1/s1. The Bertz CT molecular complexity index is 2420. The van der Waals surface area contributed by atoms with Crippen LogP contribution in [-0.4, -0.2) is 101 Å². The first-order valence-electron chi connectivity index (χ1n) is 20.1. The number of hydrogen-bond acceptors (Lipinski definition) is 18. The summed E-state index contributed by atoms with van der Waals surface area (Å²) in [6.45, 7) is 0.152. The second-order valence-corrected chi connectivity index (χ2v) is 15.6. The number of rotatable bonds is 10. The Kier molecular flexibility index (Phi) is 9.77. The minimum Gasteiger partial charge on any atom is -0.495 e. The van der Waals surface area contributed by atoms with Gasteiger partial charge in [0.1, 0.15) is 40.5 Å². The number of fused-ring (bicyclic) bond motifs is 6. The zero-order valence-electron chi connectivity index (χ0n) is 34.9. The highest BCUT2D eigenvalue weighted by atomic mass is 16.7. The van der Waals surface area contributed by atoms with Gasteiger partial charge in [-0.3, -0.25) is 9.80 Å². The molecular formula is C44H44N4O14. The number of aliphatic hydroxyl groups is 2. The lowest BCUT2D eigenvalue weighted by Crippen LogP contribution is -2.37. The third-order valence-corrected chi connectivity index (χ3v) is 12.8. The smallest absolute Gasteiger partial charge is 0.343 e. The van der Waals surface area contributed by atoms with Gasteiger partial charge >= 0.3 is 11.9 Å².